The van der Waals surface area contributed by atoms with Gasteiger partial charge in [-0.15, -0.1) is 0 Å². The number of hydrogen-bond donors (Lipinski definition) is 3. The lowest BCUT2D eigenvalue weighted by atomic mass is 9.93. The van der Waals surface area contributed by atoms with Crippen LogP contribution in [0.1, 0.15) is 68.0 Å². The van der Waals surface area contributed by atoms with Gasteiger partial charge in [-0.25, -0.2) is 4.98 Å². The van der Waals surface area contributed by atoms with E-state index in [1.54, 1.807) is 6.07 Å². The molecule has 0 spiro atoms. The van der Waals surface area contributed by atoms with E-state index in [9.17, 15) is 0 Å². The van der Waals surface area contributed by atoms with E-state index in [1.807, 2.05) is 36.5 Å². The van der Waals surface area contributed by atoms with Crippen LogP contribution in [-0.4, -0.2) is 28.0 Å². The molecule has 0 fully saturated rings. The maximum absolute atomic E-state index is 8.60. The Bertz CT molecular complexity index is 1560. The Morgan fingerprint density at radius 3 is 3.03 bits per heavy atom. The van der Waals surface area contributed by atoms with Gasteiger partial charge in [0.1, 0.15) is 5.82 Å². The highest BCUT2D eigenvalue weighted by Crippen LogP contribution is 2.27. The Labute approximate surface area is 198 Å². The fourth-order valence-corrected chi connectivity index (χ4v) is 4.03. The lowest BCUT2D eigenvalue weighted by molar-refractivity contribution is 0.576. The molecule has 160 valence electrons. The SMILES string of the molecule is [2H]c1nc2[nH]c1C([2H])([2H])C([2H])([2H])C([2H])([2H])C([2H])([2H])C([2H])CNCCCc1c(ccc3[nH]ccc13)Cc1cccc-2c1. The third-order valence-corrected chi connectivity index (χ3v) is 5.51. The lowest BCUT2D eigenvalue weighted by Gasteiger charge is -2.13. The quantitative estimate of drug-likeness (QED) is 0.336. The van der Waals surface area contributed by atoms with Crippen molar-refractivity contribution in [1.82, 2.24) is 20.3 Å². The molecule has 0 saturated heterocycles. The van der Waals surface area contributed by atoms with E-state index in [4.69, 9.17) is 13.7 Å². The van der Waals surface area contributed by atoms with Crippen LogP contribution in [0, 0.1) is 0 Å². The Hall–Kier alpha value is -2.85. The highest BCUT2D eigenvalue weighted by atomic mass is 14.9. The molecule has 4 bridgehead atoms. The number of imidazole rings is 1. The summed E-state index contributed by atoms with van der Waals surface area (Å²) in [5.74, 6) is 0.122. The number of nitrogens with zero attached hydrogens (tertiary/aromatic N) is 1. The number of benzene rings is 2. The van der Waals surface area contributed by atoms with Crippen molar-refractivity contribution in [2.75, 3.05) is 13.1 Å². The van der Waals surface area contributed by atoms with Gasteiger partial charge in [-0.3, -0.25) is 0 Å². The zero-order valence-corrected chi connectivity index (χ0v) is 17.2. The van der Waals surface area contributed by atoms with E-state index in [1.165, 1.54) is 0 Å². The van der Waals surface area contributed by atoms with Gasteiger partial charge in [0.05, 0.1) is 1.37 Å². The minimum atomic E-state index is -3.48. The molecular weight excluding hydrogens is 380 g/mol. The summed E-state index contributed by atoms with van der Waals surface area (Å²) in [7, 11) is 0. The van der Waals surface area contributed by atoms with Crippen molar-refractivity contribution in [1.29, 1.82) is 0 Å². The maximum Gasteiger partial charge on any atom is 0.137 e. The summed E-state index contributed by atoms with van der Waals surface area (Å²) in [6.07, 6.45) is -11.6. The van der Waals surface area contributed by atoms with Crippen molar-refractivity contribution in [2.24, 2.45) is 0 Å². The second-order valence-corrected chi connectivity index (χ2v) is 7.62. The average molecular weight is 423 g/mol. The molecule has 0 radical (unpaired) electrons. The Morgan fingerprint density at radius 1 is 1.03 bits per heavy atom. The minimum absolute atomic E-state index is 0.122. The molecule has 2 aromatic carbocycles. The smallest absolute Gasteiger partial charge is 0.137 e. The van der Waals surface area contributed by atoms with Gasteiger partial charge in [-0.2, -0.15) is 0 Å². The summed E-state index contributed by atoms with van der Waals surface area (Å²) in [4.78, 5) is 10.1. The molecule has 4 heteroatoms. The highest BCUT2D eigenvalue weighted by molar-refractivity contribution is 5.84. The first-order valence-electron chi connectivity index (χ1n) is 15.6. The number of aromatic nitrogens is 3. The number of nitrogens with one attached hydrogen (secondary N) is 3. The van der Waals surface area contributed by atoms with Crippen molar-refractivity contribution < 1.29 is 13.7 Å². The van der Waals surface area contributed by atoms with Crippen LogP contribution in [0.4, 0.5) is 0 Å². The molecule has 1 unspecified atom stereocenters. The number of hydrogen-bond acceptors (Lipinski definition) is 2. The summed E-state index contributed by atoms with van der Waals surface area (Å²) < 4.78 is 84.7. The van der Waals surface area contributed by atoms with Gasteiger partial charge in [0.25, 0.3) is 0 Å². The maximum atomic E-state index is 8.60. The largest absolute Gasteiger partial charge is 0.361 e. The van der Waals surface area contributed by atoms with E-state index in [-0.39, 0.29) is 12.4 Å². The molecule has 0 amide bonds. The molecule has 5 rings (SSSR count). The van der Waals surface area contributed by atoms with Gasteiger partial charge in [0.15, 0.2) is 0 Å². The molecule has 3 heterocycles. The van der Waals surface area contributed by atoms with Crippen molar-refractivity contribution in [3.63, 3.8) is 0 Å². The van der Waals surface area contributed by atoms with Gasteiger partial charge < -0.3 is 15.3 Å². The number of aryl methyl sites for hydroxylation is 2. The zero-order valence-electron chi connectivity index (χ0n) is 27.2. The molecule has 4 aromatic rings. The first-order chi connectivity index (χ1) is 19.2. The van der Waals surface area contributed by atoms with Gasteiger partial charge in [0.2, 0.25) is 0 Å². The second kappa shape index (κ2) is 9.52. The Kier molecular flexibility index (Phi) is 3.59. The summed E-state index contributed by atoms with van der Waals surface area (Å²) in [5.41, 5.74) is 4.22. The van der Waals surface area contributed by atoms with E-state index >= 15 is 0 Å². The number of fused-ring (bicyclic) bond motifs is 8. The van der Waals surface area contributed by atoms with Crippen LogP contribution in [0.2, 0.25) is 0 Å². The predicted octanol–water partition coefficient (Wildman–Crippen LogP) is 5.79. The number of H-pyrrole nitrogens is 2. The Balaban J connectivity index is 1.63. The summed E-state index contributed by atoms with van der Waals surface area (Å²) in [5, 5.41) is 4.12. The molecule has 1 aliphatic rings. The van der Waals surface area contributed by atoms with Crippen LogP contribution in [0.15, 0.2) is 54.8 Å². The first kappa shape index (κ1) is 11.7. The standard InChI is InChI=1S/C27H32N4/c1-2-4-14-28-15-6-10-24-21(11-12-26-25(24)13-16-29-26)17-20-7-5-8-22(18-20)27-30-19-23(31-27)9-3-1/h5,7-8,11-13,16,18-19,28-29H,1-4,6,9-10,14-15,17H2,(H,30,31)/i1D2,2D2,3D2,4D,9D2,19D. The van der Waals surface area contributed by atoms with Crippen molar-refractivity contribution in [2.45, 2.75) is 51.2 Å². The summed E-state index contributed by atoms with van der Waals surface area (Å²) >= 11 is 0. The fraction of sp³-hybridized carbons (Fsp3) is 0.370. The molecule has 4 nitrogen and oxygen atoms in total. The van der Waals surface area contributed by atoms with Crippen molar-refractivity contribution in [3.8, 4) is 11.4 Å². The molecule has 1 atom stereocenters. The van der Waals surface area contributed by atoms with Gasteiger partial charge in [-0.05, 0) is 86.4 Å². The Morgan fingerprint density at radius 2 is 2.03 bits per heavy atom. The van der Waals surface area contributed by atoms with Crippen LogP contribution >= 0.6 is 0 Å². The second-order valence-electron chi connectivity index (χ2n) is 7.62. The third-order valence-electron chi connectivity index (χ3n) is 5.51. The number of rotatable bonds is 0. The van der Waals surface area contributed by atoms with E-state index in [2.05, 4.69) is 26.3 Å². The number of aromatic amines is 2. The summed E-state index contributed by atoms with van der Waals surface area (Å²) in [6.45, 7) is 0.174. The molecule has 31 heavy (non-hydrogen) atoms. The van der Waals surface area contributed by atoms with Gasteiger partial charge in [0, 0.05) is 46.9 Å². The van der Waals surface area contributed by atoms with Crippen LogP contribution < -0.4 is 5.32 Å². The summed E-state index contributed by atoms with van der Waals surface area (Å²) in [6, 6.07) is 13.6. The topological polar surface area (TPSA) is 56.5 Å². The average Bonchev–Trinajstić information content (AvgIpc) is 3.55. The molecule has 3 N–H and O–H groups in total. The van der Waals surface area contributed by atoms with Crippen LogP contribution in [0.5, 0.6) is 0 Å². The van der Waals surface area contributed by atoms with Crippen LogP contribution in [0.25, 0.3) is 22.3 Å². The molecule has 1 aliphatic heterocycles. The first-order valence-corrected chi connectivity index (χ1v) is 10.6. The molecular formula is C27H32N4. The molecule has 0 aliphatic carbocycles. The van der Waals surface area contributed by atoms with Crippen molar-refractivity contribution in [3.05, 3.63) is 77.2 Å². The van der Waals surface area contributed by atoms with E-state index in [0.717, 1.165) is 27.6 Å². The normalized spacial score (nSPS) is 29.9. The van der Waals surface area contributed by atoms with Crippen LogP contribution in [0.3, 0.4) is 0 Å². The van der Waals surface area contributed by atoms with Crippen LogP contribution in [-0.2, 0) is 19.2 Å². The lowest BCUT2D eigenvalue weighted by Crippen LogP contribution is -2.17. The fourth-order valence-electron chi connectivity index (χ4n) is 4.03. The third kappa shape index (κ3) is 4.75. The van der Waals surface area contributed by atoms with Gasteiger partial charge >= 0.3 is 0 Å². The highest BCUT2D eigenvalue weighted by Gasteiger charge is 2.11. The van der Waals surface area contributed by atoms with E-state index in [0.29, 0.717) is 31.4 Å². The van der Waals surface area contributed by atoms with E-state index < -0.39 is 43.8 Å². The minimum Gasteiger partial charge on any atom is -0.361 e. The monoisotopic (exact) mass is 422 g/mol. The molecule has 0 saturated carbocycles. The van der Waals surface area contributed by atoms with Crippen molar-refractivity contribution >= 4 is 10.9 Å². The predicted molar refractivity (Wildman–Crippen MR) is 128 cm³/mol. The zero-order chi connectivity index (χ0) is 29.8. The molecule has 2 aromatic heterocycles. The van der Waals surface area contributed by atoms with Gasteiger partial charge in [-0.1, -0.05) is 37.0 Å².